The second-order valence-corrected chi connectivity index (χ2v) is 10.4. The molecule has 14 heteroatoms. The van der Waals surface area contributed by atoms with Crippen molar-refractivity contribution in [1.82, 2.24) is 10.2 Å². The van der Waals surface area contributed by atoms with E-state index in [0.29, 0.717) is 0 Å². The fraction of sp³-hybridized carbons (Fsp3) is 0.333. The maximum atomic E-state index is 14.2. The summed E-state index contributed by atoms with van der Waals surface area (Å²) in [5, 5.41) is 4.73. The summed E-state index contributed by atoms with van der Waals surface area (Å²) < 4.78 is 56.5. The fourth-order valence-electron chi connectivity index (χ4n) is 4.44. The summed E-state index contributed by atoms with van der Waals surface area (Å²) in [5.74, 6) is -2.64. The quantitative estimate of drug-likeness (QED) is 0.287. The van der Waals surface area contributed by atoms with Crippen LogP contribution in [0.1, 0.15) is 47.2 Å². The number of oxime groups is 1. The molecular formula is C24H16Cl3F4N3O4. The molecule has 3 aliphatic rings. The van der Waals surface area contributed by atoms with Crippen LogP contribution in [-0.2, 0) is 20.0 Å². The molecule has 0 bridgehead atoms. The Labute approximate surface area is 227 Å². The molecule has 1 N–H and O–H groups in total. The lowest BCUT2D eigenvalue weighted by atomic mass is 9.86. The zero-order chi connectivity index (χ0) is 27.6. The number of amides is 3. The molecule has 0 aromatic heterocycles. The van der Waals surface area contributed by atoms with Crippen molar-refractivity contribution in [3.05, 3.63) is 67.9 Å². The van der Waals surface area contributed by atoms with Crippen LogP contribution in [-0.4, -0.2) is 46.6 Å². The lowest BCUT2D eigenvalue weighted by Gasteiger charge is -2.29. The third kappa shape index (κ3) is 4.50. The predicted octanol–water partition coefficient (Wildman–Crippen LogP) is 5.39. The van der Waals surface area contributed by atoms with Crippen molar-refractivity contribution < 1.29 is 36.8 Å². The summed E-state index contributed by atoms with van der Waals surface area (Å²) in [7, 11) is 0. The van der Waals surface area contributed by atoms with E-state index in [1.165, 1.54) is 23.1 Å². The number of carbonyl (C=O) groups excluding carboxylic acids is 3. The first kappa shape index (κ1) is 26.7. The summed E-state index contributed by atoms with van der Waals surface area (Å²) >= 11 is 17.7. The Morgan fingerprint density at radius 1 is 1.08 bits per heavy atom. The van der Waals surface area contributed by atoms with Gasteiger partial charge in [-0.2, -0.15) is 13.2 Å². The SMILES string of the molecule is O=C(N[C@@H]1CC(=O)N(C2CC2)C1=O)c1ccc(C2=NO[C@@](c3cc(Cl)c(F)c(Cl)c3)(C(F)(F)F)C2)cc1Cl. The van der Waals surface area contributed by atoms with Crippen molar-refractivity contribution in [2.24, 2.45) is 5.16 Å². The highest BCUT2D eigenvalue weighted by molar-refractivity contribution is 6.35. The average Bonchev–Trinajstić information content (AvgIpc) is 3.48. The van der Waals surface area contributed by atoms with Crippen LogP contribution in [0.15, 0.2) is 35.5 Å². The fourth-order valence-corrected chi connectivity index (χ4v) is 5.20. The zero-order valence-corrected chi connectivity index (χ0v) is 21.3. The number of likely N-dealkylation sites (tertiary alicyclic amines) is 1. The van der Waals surface area contributed by atoms with Gasteiger partial charge < -0.3 is 10.2 Å². The van der Waals surface area contributed by atoms with Crippen LogP contribution in [0.25, 0.3) is 0 Å². The summed E-state index contributed by atoms with van der Waals surface area (Å²) in [6.45, 7) is 0. The number of nitrogens with one attached hydrogen (secondary N) is 1. The van der Waals surface area contributed by atoms with Crippen LogP contribution in [0.2, 0.25) is 15.1 Å². The van der Waals surface area contributed by atoms with E-state index in [0.717, 1.165) is 25.0 Å². The van der Waals surface area contributed by atoms with Gasteiger partial charge in [-0.25, -0.2) is 4.39 Å². The lowest BCUT2D eigenvalue weighted by molar-refractivity contribution is -0.275. The molecule has 2 aliphatic heterocycles. The largest absolute Gasteiger partial charge is 0.435 e. The molecule has 7 nitrogen and oxygen atoms in total. The van der Waals surface area contributed by atoms with Crippen LogP contribution in [0.5, 0.6) is 0 Å². The van der Waals surface area contributed by atoms with Crippen molar-refractivity contribution in [3.63, 3.8) is 0 Å². The second kappa shape index (κ2) is 9.39. The van der Waals surface area contributed by atoms with Crippen molar-refractivity contribution in [2.75, 3.05) is 0 Å². The molecule has 0 unspecified atom stereocenters. The van der Waals surface area contributed by atoms with Crippen molar-refractivity contribution in [2.45, 2.75) is 49.5 Å². The number of hydrogen-bond donors (Lipinski definition) is 1. The summed E-state index contributed by atoms with van der Waals surface area (Å²) in [6.07, 6.45) is -4.51. The summed E-state index contributed by atoms with van der Waals surface area (Å²) in [6, 6.07) is 4.20. The van der Waals surface area contributed by atoms with Crippen LogP contribution in [0, 0.1) is 5.82 Å². The minimum atomic E-state index is -4.99. The van der Waals surface area contributed by atoms with Gasteiger partial charge in [0.05, 0.1) is 32.8 Å². The summed E-state index contributed by atoms with van der Waals surface area (Å²) in [5.41, 5.74) is -3.61. The van der Waals surface area contributed by atoms with Crippen molar-refractivity contribution in [3.8, 4) is 0 Å². The predicted molar refractivity (Wildman–Crippen MR) is 129 cm³/mol. The van der Waals surface area contributed by atoms with Gasteiger partial charge in [-0.3, -0.25) is 19.3 Å². The number of carbonyl (C=O) groups is 3. The first-order chi connectivity index (χ1) is 17.8. The van der Waals surface area contributed by atoms with Crippen LogP contribution in [0.3, 0.4) is 0 Å². The summed E-state index contributed by atoms with van der Waals surface area (Å²) in [4.78, 5) is 43.5. The molecule has 0 spiro atoms. The van der Waals surface area contributed by atoms with Crippen molar-refractivity contribution >= 4 is 58.2 Å². The van der Waals surface area contributed by atoms with E-state index in [9.17, 15) is 31.9 Å². The Balaban J connectivity index is 1.36. The minimum Gasteiger partial charge on any atom is -0.374 e. The van der Waals surface area contributed by atoms with Crippen LogP contribution in [0.4, 0.5) is 17.6 Å². The number of rotatable bonds is 5. The Bertz CT molecular complexity index is 1390. The molecule has 1 saturated carbocycles. The van der Waals surface area contributed by atoms with Gasteiger partial charge in [0.1, 0.15) is 6.04 Å². The lowest BCUT2D eigenvalue weighted by Crippen LogP contribution is -2.42. The molecule has 200 valence electrons. The first-order valence-electron chi connectivity index (χ1n) is 11.3. The van der Waals surface area contributed by atoms with Gasteiger partial charge >= 0.3 is 6.18 Å². The van der Waals surface area contributed by atoms with Gasteiger partial charge in [-0.1, -0.05) is 46.0 Å². The molecule has 2 aromatic rings. The zero-order valence-electron chi connectivity index (χ0n) is 19.0. The van der Waals surface area contributed by atoms with E-state index < -0.39 is 57.5 Å². The molecule has 1 aliphatic carbocycles. The molecule has 2 heterocycles. The standard InChI is InChI=1S/C24H16Cl3F4N3O4/c25-14-5-10(1-4-13(14)21(36)32-17-8-19(35)34(22(17)37)12-2-3-12)18-9-23(38-33-18,24(29,30)31)11-6-15(26)20(28)16(27)7-11/h1,4-7,12,17H,2-3,8-9H2,(H,32,36)/t17-,23+/m1/s1. The van der Waals surface area contributed by atoms with Gasteiger partial charge in [-0.15, -0.1) is 0 Å². The Kier molecular flexibility index (Phi) is 6.60. The highest BCUT2D eigenvalue weighted by atomic mass is 35.5. The number of hydrogen-bond acceptors (Lipinski definition) is 5. The van der Waals surface area contributed by atoms with Crippen LogP contribution >= 0.6 is 34.8 Å². The Hall–Kier alpha value is -2.89. The molecule has 38 heavy (non-hydrogen) atoms. The highest BCUT2D eigenvalue weighted by Gasteiger charge is 2.62. The second-order valence-electron chi connectivity index (χ2n) is 9.14. The van der Waals surface area contributed by atoms with E-state index >= 15 is 0 Å². The molecule has 3 amide bonds. The molecule has 0 radical (unpaired) electrons. The highest BCUT2D eigenvalue weighted by Crippen LogP contribution is 2.50. The van der Waals surface area contributed by atoms with E-state index in [-0.39, 0.29) is 40.2 Å². The maximum Gasteiger partial charge on any atom is 0.435 e. The molecule has 2 aromatic carbocycles. The third-order valence-electron chi connectivity index (χ3n) is 6.58. The minimum absolute atomic E-state index is 0.0563. The molecule has 1 saturated heterocycles. The number of halogens is 7. The molecule has 2 atom stereocenters. The molecule has 2 fully saturated rings. The van der Waals surface area contributed by atoms with Gasteiger partial charge in [0, 0.05) is 23.6 Å². The average molecular weight is 593 g/mol. The van der Waals surface area contributed by atoms with E-state index in [1.54, 1.807) is 0 Å². The Morgan fingerprint density at radius 2 is 1.74 bits per heavy atom. The first-order valence-corrected chi connectivity index (χ1v) is 12.4. The van der Waals surface area contributed by atoms with Gasteiger partial charge in [0.15, 0.2) is 5.82 Å². The third-order valence-corrected chi connectivity index (χ3v) is 7.45. The smallest absolute Gasteiger partial charge is 0.374 e. The number of nitrogens with zero attached hydrogens (tertiary/aromatic N) is 2. The topological polar surface area (TPSA) is 88.1 Å². The monoisotopic (exact) mass is 591 g/mol. The number of imide groups is 1. The van der Waals surface area contributed by atoms with Gasteiger partial charge in [0.25, 0.3) is 17.4 Å². The molecular weight excluding hydrogens is 577 g/mol. The van der Waals surface area contributed by atoms with E-state index in [1.807, 2.05) is 0 Å². The Morgan fingerprint density at radius 3 is 2.32 bits per heavy atom. The molecule has 5 rings (SSSR count). The van der Waals surface area contributed by atoms with Gasteiger partial charge in [0.2, 0.25) is 5.91 Å². The van der Waals surface area contributed by atoms with Crippen LogP contribution < -0.4 is 5.32 Å². The number of benzene rings is 2. The van der Waals surface area contributed by atoms with Gasteiger partial charge in [-0.05, 0) is 37.1 Å². The normalized spacial score (nSPS) is 23.5. The van der Waals surface area contributed by atoms with E-state index in [4.69, 9.17) is 39.6 Å². The van der Waals surface area contributed by atoms with Crippen molar-refractivity contribution in [1.29, 1.82) is 0 Å². The number of alkyl halides is 3. The van der Waals surface area contributed by atoms with E-state index in [2.05, 4.69) is 10.5 Å². The maximum absolute atomic E-state index is 14.2.